The van der Waals surface area contributed by atoms with Gasteiger partial charge in [-0.25, -0.2) is 0 Å². The number of carbonyl (C=O) groups excluding carboxylic acids is 1. The van der Waals surface area contributed by atoms with E-state index in [-0.39, 0.29) is 12.3 Å². The number of nitrogens with one attached hydrogen (secondary N) is 1. The van der Waals surface area contributed by atoms with Crippen molar-refractivity contribution in [3.05, 3.63) is 52.2 Å². The Morgan fingerprint density at radius 2 is 2.06 bits per heavy atom. The van der Waals surface area contributed by atoms with Crippen LogP contribution in [0.25, 0.3) is 0 Å². The zero-order valence-corrected chi connectivity index (χ0v) is 8.33. The van der Waals surface area contributed by atoms with Crippen molar-refractivity contribution in [1.29, 1.82) is 0 Å². The van der Waals surface area contributed by atoms with Crippen LogP contribution in [0.3, 0.4) is 0 Å². The van der Waals surface area contributed by atoms with Gasteiger partial charge in [-0.15, -0.1) is 0 Å². The average molecular weight is 222 g/mol. The maximum absolute atomic E-state index is 10.4. The van der Waals surface area contributed by atoms with Crippen molar-refractivity contribution in [2.75, 3.05) is 0 Å². The minimum Gasteiger partial charge on any atom is -0.299 e. The van der Waals surface area contributed by atoms with Gasteiger partial charge in [0, 0.05) is 18.3 Å². The lowest BCUT2D eigenvalue weighted by Gasteiger charge is -2.01. The Kier molecular flexibility index (Phi) is 4.68. The summed E-state index contributed by atoms with van der Waals surface area (Å²) in [4.78, 5) is 24.8. The molecule has 0 amide bonds. The Balaban J connectivity index is 2.40. The number of hydrogen-bond donors (Lipinski definition) is 1. The third kappa shape index (κ3) is 3.89. The van der Waals surface area contributed by atoms with Crippen LogP contribution >= 0.6 is 0 Å². The summed E-state index contributed by atoms with van der Waals surface area (Å²) in [6.07, 6.45) is 3.20. The second-order valence-corrected chi connectivity index (χ2v) is 2.83. The third-order valence-electron chi connectivity index (χ3n) is 1.71. The number of hydrogen-bond acceptors (Lipinski definition) is 5. The molecule has 0 fully saturated rings. The first-order valence-electron chi connectivity index (χ1n) is 4.45. The Hall–Kier alpha value is -2.21. The lowest BCUT2D eigenvalue weighted by molar-refractivity contribution is -0.384. The SMILES string of the molecule is O=CC=CNOCc1ccc([N+](=O)[O-])cc1. The lowest BCUT2D eigenvalue weighted by Crippen LogP contribution is -2.06. The van der Waals surface area contributed by atoms with Crippen LogP contribution in [0, 0.1) is 10.1 Å². The maximum Gasteiger partial charge on any atom is 0.269 e. The number of rotatable bonds is 6. The fraction of sp³-hybridized carbons (Fsp3) is 0.100. The van der Waals surface area contributed by atoms with Gasteiger partial charge in [-0.2, -0.15) is 0 Å². The molecule has 0 saturated heterocycles. The van der Waals surface area contributed by atoms with Gasteiger partial charge in [0.05, 0.1) is 11.5 Å². The van der Waals surface area contributed by atoms with Crippen LogP contribution in [0.4, 0.5) is 5.69 Å². The van der Waals surface area contributed by atoms with Gasteiger partial charge in [0.1, 0.15) is 6.29 Å². The highest BCUT2D eigenvalue weighted by Gasteiger charge is 2.03. The topological polar surface area (TPSA) is 81.5 Å². The largest absolute Gasteiger partial charge is 0.299 e. The Morgan fingerprint density at radius 3 is 2.62 bits per heavy atom. The lowest BCUT2D eigenvalue weighted by atomic mass is 10.2. The first kappa shape index (κ1) is 11.9. The smallest absolute Gasteiger partial charge is 0.269 e. The van der Waals surface area contributed by atoms with Crippen molar-refractivity contribution in [3.63, 3.8) is 0 Å². The zero-order valence-electron chi connectivity index (χ0n) is 8.33. The molecule has 0 saturated carbocycles. The van der Waals surface area contributed by atoms with Gasteiger partial charge >= 0.3 is 0 Å². The van der Waals surface area contributed by atoms with E-state index in [1.54, 1.807) is 12.1 Å². The third-order valence-corrected chi connectivity index (χ3v) is 1.71. The predicted octanol–water partition coefficient (Wildman–Crippen LogP) is 1.33. The van der Waals surface area contributed by atoms with Gasteiger partial charge in [-0.3, -0.25) is 25.2 Å². The second-order valence-electron chi connectivity index (χ2n) is 2.83. The van der Waals surface area contributed by atoms with Crippen LogP contribution in [0.15, 0.2) is 36.5 Å². The van der Waals surface area contributed by atoms with Crippen LogP contribution in [-0.4, -0.2) is 11.2 Å². The second kappa shape index (κ2) is 6.31. The number of aldehydes is 1. The minimum absolute atomic E-state index is 0.0394. The highest BCUT2D eigenvalue weighted by molar-refractivity contribution is 5.64. The van der Waals surface area contributed by atoms with Crippen LogP contribution in [-0.2, 0) is 16.2 Å². The van der Waals surface area contributed by atoms with E-state index in [4.69, 9.17) is 4.84 Å². The van der Waals surface area contributed by atoms with Gasteiger partial charge in [0.25, 0.3) is 5.69 Å². The van der Waals surface area contributed by atoms with Gasteiger partial charge in [0.2, 0.25) is 0 Å². The monoisotopic (exact) mass is 222 g/mol. The highest BCUT2D eigenvalue weighted by atomic mass is 16.6. The van der Waals surface area contributed by atoms with E-state index in [2.05, 4.69) is 5.48 Å². The molecule has 0 spiro atoms. The number of allylic oxidation sites excluding steroid dienone is 1. The molecule has 0 aliphatic rings. The molecule has 16 heavy (non-hydrogen) atoms. The molecular weight excluding hydrogens is 212 g/mol. The minimum atomic E-state index is -0.463. The quantitative estimate of drug-likeness (QED) is 0.258. The van der Waals surface area contributed by atoms with Crippen LogP contribution < -0.4 is 5.48 Å². The highest BCUT2D eigenvalue weighted by Crippen LogP contribution is 2.11. The standard InChI is InChI=1S/C10H10N2O4/c13-7-1-6-11-16-8-9-2-4-10(5-3-9)12(14)15/h1-7,11H,8H2. The zero-order chi connectivity index (χ0) is 11.8. The van der Waals surface area contributed by atoms with Crippen molar-refractivity contribution < 1.29 is 14.6 Å². The molecule has 1 aromatic rings. The summed E-state index contributed by atoms with van der Waals surface area (Å²) >= 11 is 0. The Morgan fingerprint density at radius 1 is 1.38 bits per heavy atom. The van der Waals surface area contributed by atoms with E-state index >= 15 is 0 Å². The molecular formula is C10H10N2O4. The molecule has 6 heteroatoms. The first-order chi connectivity index (χ1) is 7.74. The number of hydroxylamine groups is 1. The summed E-state index contributed by atoms with van der Waals surface area (Å²) in [7, 11) is 0. The number of carbonyl (C=O) groups is 1. The number of non-ortho nitro benzene ring substituents is 1. The fourth-order valence-corrected chi connectivity index (χ4v) is 0.966. The molecule has 0 aliphatic carbocycles. The van der Waals surface area contributed by atoms with Crippen LogP contribution in [0.2, 0.25) is 0 Å². The molecule has 1 aromatic carbocycles. The van der Waals surface area contributed by atoms with E-state index in [1.165, 1.54) is 24.4 Å². The maximum atomic E-state index is 10.4. The van der Waals surface area contributed by atoms with Crippen molar-refractivity contribution in [3.8, 4) is 0 Å². The average Bonchev–Trinajstić information content (AvgIpc) is 2.29. The van der Waals surface area contributed by atoms with Gasteiger partial charge in [0.15, 0.2) is 0 Å². The number of nitrogens with zero attached hydrogens (tertiary/aromatic N) is 1. The van der Waals surface area contributed by atoms with Crippen molar-refractivity contribution >= 4 is 12.0 Å². The summed E-state index contributed by atoms with van der Waals surface area (Å²) in [5, 5.41) is 10.4. The summed E-state index contributed by atoms with van der Waals surface area (Å²) in [5.41, 5.74) is 3.26. The molecule has 0 atom stereocenters. The number of nitro benzene ring substituents is 1. The van der Waals surface area contributed by atoms with Gasteiger partial charge in [-0.1, -0.05) is 0 Å². The van der Waals surface area contributed by atoms with Gasteiger partial charge in [-0.05, 0) is 23.8 Å². The molecule has 0 bridgehead atoms. The molecule has 1 N–H and O–H groups in total. The fourth-order valence-electron chi connectivity index (χ4n) is 0.966. The van der Waals surface area contributed by atoms with Crippen LogP contribution in [0.1, 0.15) is 5.56 Å². The Labute approximate surface area is 91.6 Å². The Bertz CT molecular complexity index is 386. The predicted molar refractivity (Wildman–Crippen MR) is 56.2 cm³/mol. The molecule has 0 aromatic heterocycles. The molecule has 0 aliphatic heterocycles. The van der Waals surface area contributed by atoms with Crippen LogP contribution in [0.5, 0.6) is 0 Å². The molecule has 84 valence electrons. The number of nitro groups is 1. The summed E-state index contributed by atoms with van der Waals surface area (Å²) in [5.74, 6) is 0. The van der Waals surface area contributed by atoms with Crippen molar-refractivity contribution in [1.82, 2.24) is 5.48 Å². The number of benzene rings is 1. The summed E-state index contributed by atoms with van der Waals surface area (Å²) in [6.45, 7) is 0.251. The molecule has 0 heterocycles. The molecule has 0 radical (unpaired) electrons. The van der Waals surface area contributed by atoms with E-state index in [0.29, 0.717) is 6.29 Å². The van der Waals surface area contributed by atoms with E-state index < -0.39 is 4.92 Å². The normalized spacial score (nSPS) is 10.2. The van der Waals surface area contributed by atoms with Crippen molar-refractivity contribution in [2.24, 2.45) is 0 Å². The van der Waals surface area contributed by atoms with Gasteiger partial charge < -0.3 is 0 Å². The molecule has 1 rings (SSSR count). The molecule has 6 nitrogen and oxygen atoms in total. The first-order valence-corrected chi connectivity index (χ1v) is 4.45. The molecule has 0 unspecified atom stereocenters. The van der Waals surface area contributed by atoms with E-state index in [9.17, 15) is 14.9 Å². The summed E-state index contributed by atoms with van der Waals surface area (Å²) in [6, 6.07) is 6.01. The van der Waals surface area contributed by atoms with E-state index in [1.807, 2.05) is 0 Å². The van der Waals surface area contributed by atoms with E-state index in [0.717, 1.165) is 5.56 Å². The summed E-state index contributed by atoms with van der Waals surface area (Å²) < 4.78 is 0. The van der Waals surface area contributed by atoms with Crippen molar-refractivity contribution in [2.45, 2.75) is 6.61 Å².